The van der Waals surface area contributed by atoms with Gasteiger partial charge in [0, 0.05) is 19.0 Å². The van der Waals surface area contributed by atoms with Crippen LogP contribution in [-0.4, -0.2) is 21.6 Å². The predicted octanol–water partition coefficient (Wildman–Crippen LogP) is 2.78. The van der Waals surface area contributed by atoms with Crippen LogP contribution in [0.2, 0.25) is 0 Å². The molecule has 1 aliphatic carbocycles. The SMILES string of the molecule is Cc1cccc(OCCCCn2nnc(CN)c2C2CC2)c1. The second-order valence-corrected chi connectivity index (χ2v) is 5.99. The van der Waals surface area contributed by atoms with Crippen LogP contribution in [0.25, 0.3) is 0 Å². The van der Waals surface area contributed by atoms with Gasteiger partial charge in [0.05, 0.1) is 18.0 Å². The first-order chi connectivity index (χ1) is 10.8. The van der Waals surface area contributed by atoms with E-state index in [1.807, 2.05) is 16.8 Å². The number of hydrogen-bond acceptors (Lipinski definition) is 4. The number of nitrogens with two attached hydrogens (primary N) is 1. The Kier molecular flexibility index (Phi) is 4.73. The van der Waals surface area contributed by atoms with E-state index < -0.39 is 0 Å². The van der Waals surface area contributed by atoms with Gasteiger partial charge in [0.1, 0.15) is 5.75 Å². The van der Waals surface area contributed by atoms with E-state index >= 15 is 0 Å². The van der Waals surface area contributed by atoms with Crippen molar-refractivity contribution >= 4 is 0 Å². The van der Waals surface area contributed by atoms with Crippen molar-refractivity contribution in [2.75, 3.05) is 6.61 Å². The molecule has 0 amide bonds. The third-order valence-corrected chi connectivity index (χ3v) is 4.03. The van der Waals surface area contributed by atoms with Gasteiger partial charge >= 0.3 is 0 Å². The van der Waals surface area contributed by atoms with Crippen LogP contribution in [0, 0.1) is 6.92 Å². The zero-order valence-electron chi connectivity index (χ0n) is 13.2. The number of nitrogens with zero attached hydrogens (tertiary/aromatic N) is 3. The highest BCUT2D eigenvalue weighted by Crippen LogP contribution is 2.41. The molecule has 0 radical (unpaired) electrons. The molecular weight excluding hydrogens is 276 g/mol. The summed E-state index contributed by atoms with van der Waals surface area (Å²) < 4.78 is 7.82. The average Bonchev–Trinajstić information content (AvgIpc) is 3.27. The third kappa shape index (κ3) is 3.65. The number of benzene rings is 1. The summed E-state index contributed by atoms with van der Waals surface area (Å²) in [4.78, 5) is 0. The summed E-state index contributed by atoms with van der Waals surface area (Å²) in [6.07, 6.45) is 4.54. The molecule has 0 unspecified atom stereocenters. The van der Waals surface area contributed by atoms with Crippen LogP contribution in [0.5, 0.6) is 5.75 Å². The Hall–Kier alpha value is -1.88. The molecule has 1 heterocycles. The van der Waals surface area contributed by atoms with Crippen LogP contribution in [-0.2, 0) is 13.1 Å². The number of hydrogen-bond donors (Lipinski definition) is 1. The van der Waals surface area contributed by atoms with Crippen LogP contribution in [0.15, 0.2) is 24.3 Å². The fourth-order valence-electron chi connectivity index (χ4n) is 2.73. The lowest BCUT2D eigenvalue weighted by molar-refractivity contribution is 0.301. The van der Waals surface area contributed by atoms with E-state index in [9.17, 15) is 0 Å². The molecule has 5 nitrogen and oxygen atoms in total. The zero-order chi connectivity index (χ0) is 15.4. The zero-order valence-corrected chi connectivity index (χ0v) is 13.2. The minimum absolute atomic E-state index is 0.488. The van der Waals surface area contributed by atoms with E-state index in [-0.39, 0.29) is 0 Å². The van der Waals surface area contributed by atoms with E-state index in [0.717, 1.165) is 37.4 Å². The minimum Gasteiger partial charge on any atom is -0.494 e. The smallest absolute Gasteiger partial charge is 0.119 e. The maximum Gasteiger partial charge on any atom is 0.119 e. The van der Waals surface area contributed by atoms with Crippen molar-refractivity contribution in [3.63, 3.8) is 0 Å². The summed E-state index contributed by atoms with van der Waals surface area (Å²) in [6, 6.07) is 8.17. The van der Waals surface area contributed by atoms with Crippen molar-refractivity contribution in [3.05, 3.63) is 41.2 Å². The normalized spacial score (nSPS) is 14.3. The molecule has 3 rings (SSSR count). The Morgan fingerprint density at radius 3 is 2.91 bits per heavy atom. The Bertz CT molecular complexity index is 619. The van der Waals surface area contributed by atoms with Gasteiger partial charge in [0.25, 0.3) is 0 Å². The summed E-state index contributed by atoms with van der Waals surface area (Å²) in [6.45, 7) is 4.20. The summed E-state index contributed by atoms with van der Waals surface area (Å²) in [5, 5.41) is 8.47. The van der Waals surface area contributed by atoms with Gasteiger partial charge in [0.15, 0.2) is 0 Å². The molecule has 2 N–H and O–H groups in total. The molecule has 5 heteroatoms. The second kappa shape index (κ2) is 6.92. The van der Waals surface area contributed by atoms with E-state index in [1.54, 1.807) is 0 Å². The van der Waals surface area contributed by atoms with Gasteiger partial charge in [-0.1, -0.05) is 17.3 Å². The number of ether oxygens (including phenoxy) is 1. The van der Waals surface area contributed by atoms with Crippen molar-refractivity contribution in [1.82, 2.24) is 15.0 Å². The van der Waals surface area contributed by atoms with Gasteiger partial charge in [0.2, 0.25) is 0 Å². The Balaban J connectivity index is 1.45. The molecule has 118 valence electrons. The lowest BCUT2D eigenvalue weighted by Gasteiger charge is -2.08. The number of rotatable bonds is 8. The van der Waals surface area contributed by atoms with Gasteiger partial charge in [-0.25, -0.2) is 4.68 Å². The molecule has 2 aromatic rings. The summed E-state index contributed by atoms with van der Waals surface area (Å²) in [5.41, 5.74) is 9.21. The van der Waals surface area contributed by atoms with E-state index in [1.165, 1.54) is 24.1 Å². The predicted molar refractivity (Wildman–Crippen MR) is 85.8 cm³/mol. The highest BCUT2D eigenvalue weighted by molar-refractivity contribution is 5.27. The molecule has 1 aromatic heterocycles. The third-order valence-electron chi connectivity index (χ3n) is 4.03. The van der Waals surface area contributed by atoms with Crippen molar-refractivity contribution in [3.8, 4) is 5.75 Å². The maximum atomic E-state index is 5.78. The van der Waals surface area contributed by atoms with E-state index in [0.29, 0.717) is 12.5 Å². The van der Waals surface area contributed by atoms with Gasteiger partial charge in [-0.15, -0.1) is 5.10 Å². The van der Waals surface area contributed by atoms with Crippen molar-refractivity contribution < 1.29 is 4.74 Å². The summed E-state index contributed by atoms with van der Waals surface area (Å²) >= 11 is 0. The summed E-state index contributed by atoms with van der Waals surface area (Å²) in [7, 11) is 0. The molecule has 0 atom stereocenters. The molecule has 0 saturated heterocycles. The van der Waals surface area contributed by atoms with E-state index in [2.05, 4.69) is 29.4 Å². The highest BCUT2D eigenvalue weighted by atomic mass is 16.5. The molecule has 1 fully saturated rings. The Morgan fingerprint density at radius 2 is 2.18 bits per heavy atom. The first-order valence-corrected chi connectivity index (χ1v) is 8.09. The first-order valence-electron chi connectivity index (χ1n) is 8.09. The highest BCUT2D eigenvalue weighted by Gasteiger charge is 2.30. The Morgan fingerprint density at radius 1 is 1.32 bits per heavy atom. The number of aryl methyl sites for hydroxylation is 2. The van der Waals surface area contributed by atoms with Crippen LogP contribution in [0.1, 0.15) is 48.6 Å². The largest absolute Gasteiger partial charge is 0.494 e. The first kappa shape index (κ1) is 15.0. The van der Waals surface area contributed by atoms with Gasteiger partial charge in [-0.2, -0.15) is 0 Å². The molecule has 22 heavy (non-hydrogen) atoms. The van der Waals surface area contributed by atoms with Gasteiger partial charge < -0.3 is 10.5 Å². The van der Waals surface area contributed by atoms with Crippen LogP contribution >= 0.6 is 0 Å². The van der Waals surface area contributed by atoms with Crippen LogP contribution < -0.4 is 10.5 Å². The maximum absolute atomic E-state index is 5.78. The number of unbranched alkanes of at least 4 members (excludes halogenated alkanes) is 1. The minimum atomic E-state index is 0.488. The molecule has 1 saturated carbocycles. The van der Waals surface area contributed by atoms with Crippen LogP contribution in [0.3, 0.4) is 0 Å². The van der Waals surface area contributed by atoms with Crippen molar-refractivity contribution in [2.24, 2.45) is 5.73 Å². The molecule has 1 aliphatic rings. The Labute approximate surface area is 131 Å². The molecular formula is C17H24N4O. The van der Waals surface area contributed by atoms with E-state index in [4.69, 9.17) is 10.5 Å². The molecule has 0 aliphatic heterocycles. The van der Waals surface area contributed by atoms with Crippen LogP contribution in [0.4, 0.5) is 0 Å². The van der Waals surface area contributed by atoms with Crippen molar-refractivity contribution in [1.29, 1.82) is 0 Å². The lowest BCUT2D eigenvalue weighted by Crippen LogP contribution is -2.08. The quantitative estimate of drug-likeness (QED) is 0.761. The number of aromatic nitrogens is 3. The fourth-order valence-corrected chi connectivity index (χ4v) is 2.73. The lowest BCUT2D eigenvalue weighted by atomic mass is 10.2. The second-order valence-electron chi connectivity index (χ2n) is 5.99. The molecule has 0 spiro atoms. The molecule has 0 bridgehead atoms. The fraction of sp³-hybridized carbons (Fsp3) is 0.529. The summed E-state index contributed by atoms with van der Waals surface area (Å²) in [5.74, 6) is 1.59. The standard InChI is InChI=1S/C17H24N4O/c1-13-5-4-6-15(11-13)22-10-3-2-9-21-17(14-7-8-14)16(12-18)19-20-21/h4-6,11,14H,2-3,7-10,12,18H2,1H3. The van der Waals surface area contributed by atoms with Crippen molar-refractivity contribution in [2.45, 2.75) is 51.6 Å². The topological polar surface area (TPSA) is 66.0 Å². The molecule has 1 aromatic carbocycles. The average molecular weight is 300 g/mol. The monoisotopic (exact) mass is 300 g/mol. The van der Waals surface area contributed by atoms with Gasteiger partial charge in [-0.3, -0.25) is 0 Å². The van der Waals surface area contributed by atoms with Gasteiger partial charge in [-0.05, 0) is 50.3 Å².